The van der Waals surface area contributed by atoms with Gasteiger partial charge in [0.15, 0.2) is 0 Å². The Morgan fingerprint density at radius 1 is 0.471 bits per heavy atom. The summed E-state index contributed by atoms with van der Waals surface area (Å²) in [7, 11) is 0. The van der Waals surface area contributed by atoms with Crippen molar-refractivity contribution in [2.24, 2.45) is 0 Å². The van der Waals surface area contributed by atoms with Crippen LogP contribution in [-0.2, 0) is 4.79 Å². The molecule has 5 heteroatoms. The van der Waals surface area contributed by atoms with Gasteiger partial charge in [0.2, 0.25) is 5.91 Å². The zero-order chi connectivity index (χ0) is 37.3. The summed E-state index contributed by atoms with van der Waals surface area (Å²) in [6, 6.07) is -0.794. The molecule has 0 radical (unpaired) electrons. The van der Waals surface area contributed by atoms with Crippen LogP contribution < -0.4 is 5.32 Å². The van der Waals surface area contributed by atoms with Crippen molar-refractivity contribution in [3.8, 4) is 0 Å². The van der Waals surface area contributed by atoms with E-state index in [0.717, 1.165) is 32.1 Å². The first kappa shape index (κ1) is 49.8. The van der Waals surface area contributed by atoms with E-state index in [4.69, 9.17) is 0 Å². The maximum absolute atomic E-state index is 12.4. The summed E-state index contributed by atoms with van der Waals surface area (Å²) in [6.45, 7) is 4.16. The van der Waals surface area contributed by atoms with Crippen LogP contribution in [0.3, 0.4) is 0 Å². The van der Waals surface area contributed by atoms with E-state index in [9.17, 15) is 20.1 Å². The van der Waals surface area contributed by atoms with Gasteiger partial charge >= 0.3 is 0 Å². The number of unbranched alkanes of at least 4 members (excludes halogenated alkanes) is 31. The molecule has 0 spiro atoms. The van der Waals surface area contributed by atoms with Gasteiger partial charge in [-0.05, 0) is 44.9 Å². The molecule has 0 bridgehead atoms. The Balaban J connectivity index is 3.55. The molecular weight excluding hydrogens is 631 g/mol. The molecule has 3 unspecified atom stereocenters. The highest BCUT2D eigenvalue weighted by Crippen LogP contribution is 2.15. The number of aliphatic hydroxyl groups excluding tert-OH is 3. The van der Waals surface area contributed by atoms with E-state index in [0.29, 0.717) is 6.42 Å². The van der Waals surface area contributed by atoms with Crippen LogP contribution >= 0.6 is 0 Å². The summed E-state index contributed by atoms with van der Waals surface area (Å²) in [6.07, 6.45) is 50.9. The quantitative estimate of drug-likeness (QED) is 0.0374. The van der Waals surface area contributed by atoms with Crippen molar-refractivity contribution in [1.29, 1.82) is 0 Å². The molecule has 4 N–H and O–H groups in total. The Morgan fingerprint density at radius 2 is 0.784 bits per heavy atom. The molecule has 0 aromatic carbocycles. The third kappa shape index (κ3) is 37.0. The van der Waals surface area contributed by atoms with Crippen molar-refractivity contribution < 1.29 is 20.1 Å². The van der Waals surface area contributed by atoms with Crippen LogP contribution in [0, 0.1) is 0 Å². The number of hydrogen-bond acceptors (Lipinski definition) is 4. The second kappa shape index (κ2) is 41.6. The molecule has 0 fully saturated rings. The number of hydrogen-bond donors (Lipinski definition) is 4. The van der Waals surface area contributed by atoms with Crippen LogP contribution in [0.4, 0.5) is 0 Å². The maximum Gasteiger partial charge on any atom is 0.249 e. The molecule has 3 atom stereocenters. The molecule has 0 rings (SSSR count). The zero-order valence-electron chi connectivity index (χ0n) is 34.2. The molecule has 0 aliphatic carbocycles. The SMILES string of the molecule is CCCCCCCCCC/C=C/C(O)C(CO)NC(=O)C(O)CCCCCCCCCCCCC/C=C\CCCCCCCCCCCCCC. The van der Waals surface area contributed by atoms with Crippen LogP contribution in [-0.4, -0.2) is 46.1 Å². The Labute approximate surface area is 318 Å². The minimum atomic E-state index is -1.10. The lowest BCUT2D eigenvalue weighted by Crippen LogP contribution is -2.48. The molecule has 0 aliphatic heterocycles. The number of carbonyl (C=O) groups is 1. The lowest BCUT2D eigenvalue weighted by Gasteiger charge is -2.21. The minimum absolute atomic E-state index is 0.362. The summed E-state index contributed by atoms with van der Waals surface area (Å²) in [5, 5.41) is 33.0. The molecule has 0 aromatic heterocycles. The second-order valence-electron chi connectivity index (χ2n) is 15.6. The van der Waals surface area contributed by atoms with Gasteiger partial charge in [-0.15, -0.1) is 0 Å². The van der Waals surface area contributed by atoms with Gasteiger partial charge in [-0.3, -0.25) is 4.79 Å². The van der Waals surface area contributed by atoms with Crippen molar-refractivity contribution in [2.45, 2.75) is 257 Å². The van der Waals surface area contributed by atoms with E-state index >= 15 is 0 Å². The van der Waals surface area contributed by atoms with Gasteiger partial charge in [0.05, 0.1) is 18.8 Å². The van der Waals surface area contributed by atoms with Crippen LogP contribution in [0.1, 0.15) is 239 Å². The van der Waals surface area contributed by atoms with E-state index in [1.165, 1.54) is 186 Å². The van der Waals surface area contributed by atoms with Crippen molar-refractivity contribution in [3.63, 3.8) is 0 Å². The number of rotatable bonds is 41. The van der Waals surface area contributed by atoms with E-state index in [-0.39, 0.29) is 6.61 Å². The van der Waals surface area contributed by atoms with Crippen LogP contribution in [0.25, 0.3) is 0 Å². The largest absolute Gasteiger partial charge is 0.394 e. The van der Waals surface area contributed by atoms with E-state index in [1.807, 2.05) is 6.08 Å². The van der Waals surface area contributed by atoms with Crippen molar-refractivity contribution in [3.05, 3.63) is 24.3 Å². The predicted molar refractivity (Wildman–Crippen MR) is 222 cm³/mol. The van der Waals surface area contributed by atoms with Crippen molar-refractivity contribution in [1.82, 2.24) is 5.32 Å². The summed E-state index contributed by atoms with van der Waals surface area (Å²) < 4.78 is 0. The molecule has 0 saturated heterocycles. The zero-order valence-corrected chi connectivity index (χ0v) is 34.2. The number of nitrogens with one attached hydrogen (secondary N) is 1. The predicted octanol–water partition coefficient (Wildman–Crippen LogP) is 13.0. The lowest BCUT2D eigenvalue weighted by atomic mass is 10.0. The normalized spacial score (nSPS) is 13.7. The molecule has 51 heavy (non-hydrogen) atoms. The summed E-state index contributed by atoms with van der Waals surface area (Å²) in [5.74, 6) is -0.504. The van der Waals surface area contributed by atoms with Gasteiger partial charge in [0.1, 0.15) is 6.10 Å². The Morgan fingerprint density at radius 3 is 1.14 bits per heavy atom. The first-order valence-electron chi connectivity index (χ1n) is 22.7. The lowest BCUT2D eigenvalue weighted by molar-refractivity contribution is -0.131. The molecule has 0 aliphatic rings. The fourth-order valence-corrected chi connectivity index (χ4v) is 6.94. The third-order valence-corrected chi connectivity index (χ3v) is 10.5. The average molecular weight is 720 g/mol. The van der Waals surface area contributed by atoms with Crippen molar-refractivity contribution in [2.75, 3.05) is 6.61 Å². The van der Waals surface area contributed by atoms with Gasteiger partial charge in [-0.2, -0.15) is 0 Å². The topological polar surface area (TPSA) is 89.8 Å². The summed E-state index contributed by atoms with van der Waals surface area (Å²) in [5.41, 5.74) is 0. The molecule has 302 valence electrons. The Kier molecular flexibility index (Phi) is 40.6. The number of allylic oxidation sites excluding steroid dienone is 3. The monoisotopic (exact) mass is 720 g/mol. The summed E-state index contributed by atoms with van der Waals surface area (Å²) >= 11 is 0. The number of amides is 1. The molecule has 1 amide bonds. The van der Waals surface area contributed by atoms with Gasteiger partial charge in [-0.25, -0.2) is 0 Å². The standard InChI is InChI=1S/C46H89NO4/c1-3-5-7-9-11-13-15-16-17-18-19-20-21-22-23-24-25-26-27-28-29-30-31-33-35-37-39-41-45(50)46(51)47-43(42-48)44(49)40-38-36-34-32-14-12-10-8-6-4-2/h22-23,38,40,43-45,48-50H,3-21,24-37,39,41-42H2,1-2H3,(H,47,51)/b23-22-,40-38+. The average Bonchev–Trinajstić information content (AvgIpc) is 3.13. The Hall–Kier alpha value is -1.17. The van der Waals surface area contributed by atoms with Crippen LogP contribution in [0.2, 0.25) is 0 Å². The molecular formula is C46H89NO4. The molecule has 0 heterocycles. The highest BCUT2D eigenvalue weighted by molar-refractivity contribution is 5.80. The van der Waals surface area contributed by atoms with Gasteiger partial charge in [0.25, 0.3) is 0 Å². The second-order valence-corrected chi connectivity index (χ2v) is 15.6. The molecule has 0 aromatic rings. The smallest absolute Gasteiger partial charge is 0.249 e. The van der Waals surface area contributed by atoms with Crippen LogP contribution in [0.5, 0.6) is 0 Å². The fraction of sp³-hybridized carbons (Fsp3) is 0.891. The highest BCUT2D eigenvalue weighted by Gasteiger charge is 2.22. The fourth-order valence-electron chi connectivity index (χ4n) is 6.94. The van der Waals surface area contributed by atoms with E-state index in [2.05, 4.69) is 31.3 Å². The number of aliphatic hydroxyl groups is 3. The third-order valence-electron chi connectivity index (χ3n) is 10.5. The summed E-state index contributed by atoms with van der Waals surface area (Å²) in [4.78, 5) is 12.4. The maximum atomic E-state index is 12.4. The first-order valence-corrected chi connectivity index (χ1v) is 22.7. The number of carbonyl (C=O) groups excluding carboxylic acids is 1. The van der Waals surface area contributed by atoms with Gasteiger partial charge in [0, 0.05) is 0 Å². The van der Waals surface area contributed by atoms with Crippen LogP contribution in [0.15, 0.2) is 24.3 Å². The van der Waals surface area contributed by atoms with Crippen molar-refractivity contribution >= 4 is 5.91 Å². The first-order chi connectivity index (χ1) is 25.1. The molecule has 5 nitrogen and oxygen atoms in total. The molecule has 0 saturated carbocycles. The van der Waals surface area contributed by atoms with Gasteiger partial charge in [-0.1, -0.05) is 218 Å². The Bertz CT molecular complexity index is 754. The van der Waals surface area contributed by atoms with E-state index < -0.39 is 24.2 Å². The minimum Gasteiger partial charge on any atom is -0.394 e. The van der Waals surface area contributed by atoms with Gasteiger partial charge < -0.3 is 20.6 Å². The highest BCUT2D eigenvalue weighted by atomic mass is 16.3. The van der Waals surface area contributed by atoms with E-state index in [1.54, 1.807) is 6.08 Å².